The Labute approximate surface area is 123 Å². The number of pyridine rings is 1. The number of aryl methyl sites for hydroxylation is 1. The van der Waals surface area contributed by atoms with Crippen LogP contribution in [0.3, 0.4) is 0 Å². The first kappa shape index (κ1) is 14.7. The van der Waals surface area contributed by atoms with Crippen molar-refractivity contribution in [2.75, 3.05) is 12.4 Å². The van der Waals surface area contributed by atoms with Crippen LogP contribution in [0.1, 0.15) is 27.2 Å². The summed E-state index contributed by atoms with van der Waals surface area (Å²) >= 11 is 0. The number of hydrogen-bond donors (Lipinski definition) is 2. The third kappa shape index (κ3) is 3.66. The Balaban J connectivity index is 2.13. The van der Waals surface area contributed by atoms with Crippen molar-refractivity contribution in [1.82, 2.24) is 4.98 Å². The second-order valence-electron chi connectivity index (χ2n) is 4.62. The van der Waals surface area contributed by atoms with Crippen LogP contribution in [0.4, 0.5) is 5.69 Å². The Morgan fingerprint density at radius 2 is 2.19 bits per heavy atom. The van der Waals surface area contributed by atoms with E-state index in [0.29, 0.717) is 12.1 Å². The predicted octanol–water partition coefficient (Wildman–Crippen LogP) is 2.79. The summed E-state index contributed by atoms with van der Waals surface area (Å²) in [6, 6.07) is 9.16. The smallest absolute Gasteiger partial charge is 0.337 e. The number of carbonyl (C=O) groups excluding carboxylic acids is 1. The SMILES string of the molecule is COC(=O)c1ccnc(CNc2ccc(C)cc2C=N)c1. The summed E-state index contributed by atoms with van der Waals surface area (Å²) in [5, 5.41) is 10.7. The number of methoxy groups -OCH3 is 1. The minimum Gasteiger partial charge on any atom is -0.465 e. The molecule has 21 heavy (non-hydrogen) atoms. The molecule has 0 atom stereocenters. The molecule has 0 fully saturated rings. The Morgan fingerprint density at radius 3 is 2.90 bits per heavy atom. The number of aromatic nitrogens is 1. The lowest BCUT2D eigenvalue weighted by Crippen LogP contribution is -2.07. The summed E-state index contributed by atoms with van der Waals surface area (Å²) in [6.45, 7) is 2.45. The third-order valence-corrected chi connectivity index (χ3v) is 3.06. The molecule has 5 heteroatoms. The summed E-state index contributed by atoms with van der Waals surface area (Å²) in [6.07, 6.45) is 2.89. The van der Waals surface area contributed by atoms with E-state index in [1.807, 2.05) is 25.1 Å². The van der Waals surface area contributed by atoms with Gasteiger partial charge in [-0.1, -0.05) is 11.6 Å². The van der Waals surface area contributed by atoms with E-state index in [0.717, 1.165) is 22.5 Å². The van der Waals surface area contributed by atoms with Gasteiger partial charge in [0.25, 0.3) is 0 Å². The van der Waals surface area contributed by atoms with E-state index in [9.17, 15) is 4.79 Å². The molecule has 0 aliphatic carbocycles. The van der Waals surface area contributed by atoms with E-state index in [2.05, 4.69) is 15.0 Å². The number of nitrogens with one attached hydrogen (secondary N) is 2. The van der Waals surface area contributed by atoms with Gasteiger partial charge in [0.05, 0.1) is 24.9 Å². The molecule has 2 N–H and O–H groups in total. The summed E-state index contributed by atoms with van der Waals surface area (Å²) in [4.78, 5) is 15.7. The molecular weight excluding hydrogens is 266 g/mol. The molecule has 0 radical (unpaired) electrons. The molecule has 0 unspecified atom stereocenters. The van der Waals surface area contributed by atoms with E-state index in [-0.39, 0.29) is 5.97 Å². The molecule has 0 aliphatic rings. The number of hydrogen-bond acceptors (Lipinski definition) is 5. The van der Waals surface area contributed by atoms with Gasteiger partial charge in [-0.25, -0.2) is 4.79 Å². The molecule has 0 aliphatic heterocycles. The van der Waals surface area contributed by atoms with Gasteiger partial charge in [0.15, 0.2) is 0 Å². The lowest BCUT2D eigenvalue weighted by Gasteiger charge is -2.10. The molecule has 1 aromatic carbocycles. The second kappa shape index (κ2) is 6.65. The van der Waals surface area contributed by atoms with Crippen LogP contribution >= 0.6 is 0 Å². The Hall–Kier alpha value is -2.69. The quantitative estimate of drug-likeness (QED) is 0.653. The number of ether oxygens (including phenoxy) is 1. The van der Waals surface area contributed by atoms with Crippen molar-refractivity contribution in [2.45, 2.75) is 13.5 Å². The van der Waals surface area contributed by atoms with Crippen molar-refractivity contribution in [3.8, 4) is 0 Å². The zero-order valence-corrected chi connectivity index (χ0v) is 12.0. The fraction of sp³-hybridized carbons (Fsp3) is 0.188. The van der Waals surface area contributed by atoms with Crippen molar-refractivity contribution in [3.63, 3.8) is 0 Å². The van der Waals surface area contributed by atoms with Gasteiger partial charge >= 0.3 is 5.97 Å². The first-order chi connectivity index (χ1) is 10.1. The Morgan fingerprint density at radius 1 is 1.38 bits per heavy atom. The van der Waals surface area contributed by atoms with E-state index < -0.39 is 0 Å². The molecule has 2 rings (SSSR count). The van der Waals surface area contributed by atoms with Gasteiger partial charge in [0, 0.05) is 23.7 Å². The molecule has 0 amide bonds. The van der Waals surface area contributed by atoms with E-state index in [1.165, 1.54) is 13.3 Å². The zero-order valence-electron chi connectivity index (χ0n) is 12.0. The summed E-state index contributed by atoms with van der Waals surface area (Å²) in [7, 11) is 1.35. The summed E-state index contributed by atoms with van der Waals surface area (Å²) < 4.78 is 4.69. The van der Waals surface area contributed by atoms with Crippen molar-refractivity contribution in [1.29, 1.82) is 5.41 Å². The van der Waals surface area contributed by atoms with Crippen molar-refractivity contribution in [3.05, 3.63) is 58.9 Å². The highest BCUT2D eigenvalue weighted by Gasteiger charge is 2.07. The van der Waals surface area contributed by atoms with Crippen LogP contribution in [0.5, 0.6) is 0 Å². The van der Waals surface area contributed by atoms with E-state index in [1.54, 1.807) is 18.3 Å². The standard InChI is InChI=1S/C16H17N3O2/c1-11-3-4-15(13(7-11)9-17)19-10-14-8-12(5-6-18-14)16(20)21-2/h3-9,17,19H,10H2,1-2H3. The predicted molar refractivity (Wildman–Crippen MR) is 82.0 cm³/mol. The normalized spacial score (nSPS) is 10.0. The minimum absolute atomic E-state index is 0.380. The number of carbonyl (C=O) groups is 1. The van der Waals surface area contributed by atoms with Gasteiger partial charge in [0.2, 0.25) is 0 Å². The fourth-order valence-corrected chi connectivity index (χ4v) is 1.97. The zero-order chi connectivity index (χ0) is 15.2. The van der Waals surface area contributed by atoms with Gasteiger partial charge in [-0.05, 0) is 31.2 Å². The van der Waals surface area contributed by atoms with E-state index in [4.69, 9.17) is 5.41 Å². The molecule has 1 heterocycles. The number of nitrogens with zero attached hydrogens (tertiary/aromatic N) is 1. The second-order valence-corrected chi connectivity index (χ2v) is 4.62. The van der Waals surface area contributed by atoms with Crippen LogP contribution in [0.2, 0.25) is 0 Å². The molecule has 0 spiro atoms. The molecule has 1 aromatic heterocycles. The first-order valence-corrected chi connectivity index (χ1v) is 6.52. The maximum atomic E-state index is 11.5. The number of esters is 1. The number of benzene rings is 1. The molecule has 2 aromatic rings. The minimum atomic E-state index is -0.380. The van der Waals surface area contributed by atoms with E-state index >= 15 is 0 Å². The van der Waals surface area contributed by atoms with Crippen LogP contribution in [0.25, 0.3) is 0 Å². The van der Waals surface area contributed by atoms with Crippen molar-refractivity contribution >= 4 is 17.9 Å². The van der Waals surface area contributed by atoms with Gasteiger partial charge < -0.3 is 15.5 Å². The lowest BCUT2D eigenvalue weighted by atomic mass is 10.1. The maximum absolute atomic E-state index is 11.5. The largest absolute Gasteiger partial charge is 0.465 e. The van der Waals surface area contributed by atoms with Crippen LogP contribution in [-0.2, 0) is 11.3 Å². The average Bonchev–Trinajstić information content (AvgIpc) is 2.53. The van der Waals surface area contributed by atoms with Gasteiger partial charge in [-0.2, -0.15) is 0 Å². The highest BCUT2D eigenvalue weighted by molar-refractivity contribution is 5.89. The monoisotopic (exact) mass is 283 g/mol. The van der Waals surface area contributed by atoms with Crippen LogP contribution in [0.15, 0.2) is 36.5 Å². The molecule has 0 saturated heterocycles. The Kier molecular flexibility index (Phi) is 4.66. The first-order valence-electron chi connectivity index (χ1n) is 6.52. The maximum Gasteiger partial charge on any atom is 0.337 e. The van der Waals surface area contributed by atoms with Gasteiger partial charge in [-0.3, -0.25) is 4.98 Å². The highest BCUT2D eigenvalue weighted by atomic mass is 16.5. The lowest BCUT2D eigenvalue weighted by molar-refractivity contribution is 0.0600. The van der Waals surface area contributed by atoms with Crippen molar-refractivity contribution in [2.24, 2.45) is 0 Å². The molecule has 108 valence electrons. The topological polar surface area (TPSA) is 75.1 Å². The molecule has 5 nitrogen and oxygen atoms in total. The van der Waals surface area contributed by atoms with Crippen LogP contribution < -0.4 is 5.32 Å². The van der Waals surface area contributed by atoms with Crippen LogP contribution in [0, 0.1) is 12.3 Å². The van der Waals surface area contributed by atoms with Gasteiger partial charge in [0.1, 0.15) is 0 Å². The average molecular weight is 283 g/mol. The van der Waals surface area contributed by atoms with Crippen molar-refractivity contribution < 1.29 is 9.53 Å². The van der Waals surface area contributed by atoms with Gasteiger partial charge in [-0.15, -0.1) is 0 Å². The van der Waals surface area contributed by atoms with Crippen LogP contribution in [-0.4, -0.2) is 24.3 Å². The molecule has 0 bridgehead atoms. The third-order valence-electron chi connectivity index (χ3n) is 3.06. The number of anilines is 1. The molecular formula is C16H17N3O2. The number of rotatable bonds is 5. The fourth-order valence-electron chi connectivity index (χ4n) is 1.97. The summed E-state index contributed by atoms with van der Waals surface area (Å²) in [5.41, 5.74) is 3.99. The molecule has 0 saturated carbocycles. The highest BCUT2D eigenvalue weighted by Crippen LogP contribution is 2.16. The summed E-state index contributed by atoms with van der Waals surface area (Å²) in [5.74, 6) is -0.380. The Bertz CT molecular complexity index is 668.